The van der Waals surface area contributed by atoms with E-state index in [4.69, 9.17) is 9.84 Å². The van der Waals surface area contributed by atoms with Crippen LogP contribution in [0.4, 0.5) is 0 Å². The number of nitrogens with zero attached hydrogens (tertiary/aromatic N) is 1. The molecule has 7 nitrogen and oxygen atoms in total. The molecule has 1 amide bonds. The van der Waals surface area contributed by atoms with E-state index >= 15 is 0 Å². The Balaban J connectivity index is 2.93. The molecular weight excluding hydrogens is 228 g/mol. The minimum absolute atomic E-state index is 0.0909. The van der Waals surface area contributed by atoms with Crippen LogP contribution in [0.5, 0.6) is 11.5 Å². The average molecular weight is 240 g/mol. The normalized spacial score (nSPS) is 11.6. The molecule has 0 saturated heterocycles. The Bertz CT molecular complexity index is 446. The number of nitrogens with one attached hydrogen (secondary N) is 1. The first-order valence-corrected chi connectivity index (χ1v) is 4.73. The Hall–Kier alpha value is -2.31. The molecule has 1 unspecified atom stereocenters. The number of carbonyl (C=O) groups excluding carboxylic acids is 1. The van der Waals surface area contributed by atoms with Crippen molar-refractivity contribution in [1.29, 1.82) is 0 Å². The molecule has 92 valence electrons. The van der Waals surface area contributed by atoms with E-state index in [9.17, 15) is 14.7 Å². The van der Waals surface area contributed by atoms with Crippen LogP contribution in [0.2, 0.25) is 0 Å². The van der Waals surface area contributed by atoms with Gasteiger partial charge in [0.1, 0.15) is 6.04 Å². The molecule has 0 aliphatic carbocycles. The third kappa shape index (κ3) is 2.83. The van der Waals surface area contributed by atoms with E-state index in [0.717, 1.165) is 0 Å². The SMILES string of the molecule is COc1ccnc(C(=O)NC(C)C(=O)O)c1O. The molecule has 1 aromatic rings. The number of pyridine rings is 1. The number of carboxylic acid groups (broad SMARTS) is 1. The molecule has 0 bridgehead atoms. The maximum Gasteiger partial charge on any atom is 0.325 e. The predicted molar refractivity (Wildman–Crippen MR) is 57.0 cm³/mol. The highest BCUT2D eigenvalue weighted by molar-refractivity contribution is 5.97. The zero-order chi connectivity index (χ0) is 13.0. The largest absolute Gasteiger partial charge is 0.503 e. The van der Waals surface area contributed by atoms with Gasteiger partial charge in [0, 0.05) is 12.3 Å². The third-order valence-electron chi connectivity index (χ3n) is 2.04. The first kappa shape index (κ1) is 12.8. The molecule has 1 atom stereocenters. The molecular formula is C10H12N2O5. The second-order valence-corrected chi connectivity index (χ2v) is 3.24. The molecule has 0 fully saturated rings. The number of rotatable bonds is 4. The summed E-state index contributed by atoms with van der Waals surface area (Å²) >= 11 is 0. The number of amides is 1. The van der Waals surface area contributed by atoms with Crippen LogP contribution in [0.3, 0.4) is 0 Å². The van der Waals surface area contributed by atoms with Crippen LogP contribution in [0.15, 0.2) is 12.3 Å². The van der Waals surface area contributed by atoms with E-state index in [-0.39, 0.29) is 11.4 Å². The van der Waals surface area contributed by atoms with Crippen molar-refractivity contribution in [2.75, 3.05) is 7.11 Å². The van der Waals surface area contributed by atoms with Gasteiger partial charge in [-0.2, -0.15) is 0 Å². The van der Waals surface area contributed by atoms with E-state index in [0.29, 0.717) is 0 Å². The molecule has 1 rings (SSSR count). The summed E-state index contributed by atoms with van der Waals surface area (Å²) in [5.41, 5.74) is -0.280. The van der Waals surface area contributed by atoms with Crippen LogP contribution < -0.4 is 10.1 Å². The lowest BCUT2D eigenvalue weighted by molar-refractivity contribution is -0.138. The standard InChI is InChI=1S/C10H12N2O5/c1-5(10(15)16)12-9(14)7-8(13)6(17-2)3-4-11-7/h3-5,13H,1-2H3,(H,12,14)(H,15,16). The number of aromatic hydroxyl groups is 1. The fourth-order valence-electron chi connectivity index (χ4n) is 1.09. The van der Waals surface area contributed by atoms with Crippen molar-refractivity contribution in [1.82, 2.24) is 10.3 Å². The second kappa shape index (κ2) is 5.15. The topological polar surface area (TPSA) is 109 Å². The highest BCUT2D eigenvalue weighted by atomic mass is 16.5. The Kier molecular flexibility index (Phi) is 3.86. The molecule has 1 heterocycles. The van der Waals surface area contributed by atoms with Gasteiger partial charge in [-0.15, -0.1) is 0 Å². The van der Waals surface area contributed by atoms with Gasteiger partial charge in [0.15, 0.2) is 17.2 Å². The van der Waals surface area contributed by atoms with Crippen LogP contribution in [-0.2, 0) is 4.79 Å². The van der Waals surface area contributed by atoms with Crippen LogP contribution in [0.25, 0.3) is 0 Å². The van der Waals surface area contributed by atoms with Gasteiger partial charge in [-0.25, -0.2) is 4.98 Å². The van der Waals surface area contributed by atoms with Gasteiger partial charge in [-0.05, 0) is 6.92 Å². The lowest BCUT2D eigenvalue weighted by Gasteiger charge is -2.10. The number of carboxylic acids is 1. The molecule has 0 aromatic carbocycles. The molecule has 0 spiro atoms. The van der Waals surface area contributed by atoms with Gasteiger partial charge in [0.2, 0.25) is 0 Å². The lowest BCUT2D eigenvalue weighted by atomic mass is 10.2. The molecule has 3 N–H and O–H groups in total. The summed E-state index contributed by atoms with van der Waals surface area (Å²) in [5.74, 6) is -2.30. The third-order valence-corrected chi connectivity index (χ3v) is 2.04. The van der Waals surface area contributed by atoms with Crippen LogP contribution in [0.1, 0.15) is 17.4 Å². The molecule has 17 heavy (non-hydrogen) atoms. The average Bonchev–Trinajstić information content (AvgIpc) is 2.28. The Morgan fingerprint density at radius 3 is 2.71 bits per heavy atom. The van der Waals surface area contributed by atoms with Gasteiger partial charge in [0.25, 0.3) is 5.91 Å². The number of aliphatic carboxylic acids is 1. The minimum atomic E-state index is -1.18. The second-order valence-electron chi connectivity index (χ2n) is 3.24. The Morgan fingerprint density at radius 2 is 2.18 bits per heavy atom. The minimum Gasteiger partial charge on any atom is -0.503 e. The van der Waals surface area contributed by atoms with Gasteiger partial charge in [0.05, 0.1) is 7.11 Å². The van der Waals surface area contributed by atoms with Crippen molar-refractivity contribution in [3.05, 3.63) is 18.0 Å². The summed E-state index contributed by atoms with van der Waals surface area (Å²) < 4.78 is 4.80. The molecule has 0 radical (unpaired) electrons. The van der Waals surface area contributed by atoms with Gasteiger partial charge >= 0.3 is 5.97 Å². The van der Waals surface area contributed by atoms with E-state index in [1.165, 1.54) is 26.3 Å². The quantitative estimate of drug-likeness (QED) is 0.683. The van der Waals surface area contributed by atoms with Crippen molar-refractivity contribution < 1.29 is 24.5 Å². The van der Waals surface area contributed by atoms with Gasteiger partial charge in [-0.3, -0.25) is 9.59 Å². The van der Waals surface area contributed by atoms with E-state index in [2.05, 4.69) is 10.3 Å². The fourth-order valence-corrected chi connectivity index (χ4v) is 1.09. The smallest absolute Gasteiger partial charge is 0.325 e. The van der Waals surface area contributed by atoms with E-state index in [1.807, 2.05) is 0 Å². The van der Waals surface area contributed by atoms with Crippen molar-refractivity contribution in [2.45, 2.75) is 13.0 Å². The summed E-state index contributed by atoms with van der Waals surface area (Å²) in [6, 6.07) is 0.308. The number of hydrogen-bond donors (Lipinski definition) is 3. The monoisotopic (exact) mass is 240 g/mol. The molecule has 0 aliphatic rings. The number of carbonyl (C=O) groups is 2. The summed E-state index contributed by atoms with van der Waals surface area (Å²) in [4.78, 5) is 25.8. The van der Waals surface area contributed by atoms with Crippen molar-refractivity contribution in [2.24, 2.45) is 0 Å². The Morgan fingerprint density at radius 1 is 1.53 bits per heavy atom. The Labute approximate surface area is 97.1 Å². The number of hydrogen-bond acceptors (Lipinski definition) is 5. The zero-order valence-corrected chi connectivity index (χ0v) is 9.30. The van der Waals surface area contributed by atoms with Crippen LogP contribution in [0, 0.1) is 0 Å². The first-order valence-electron chi connectivity index (χ1n) is 4.73. The van der Waals surface area contributed by atoms with E-state index < -0.39 is 23.7 Å². The number of methoxy groups -OCH3 is 1. The zero-order valence-electron chi connectivity index (χ0n) is 9.30. The predicted octanol–water partition coefficient (Wildman–Crippen LogP) is -0.00130. The molecule has 0 aliphatic heterocycles. The highest BCUT2D eigenvalue weighted by Crippen LogP contribution is 2.27. The summed E-state index contributed by atoms with van der Waals surface area (Å²) in [7, 11) is 1.33. The van der Waals surface area contributed by atoms with E-state index in [1.54, 1.807) is 0 Å². The maximum absolute atomic E-state index is 11.6. The van der Waals surface area contributed by atoms with Crippen LogP contribution in [-0.4, -0.2) is 40.2 Å². The van der Waals surface area contributed by atoms with Crippen LogP contribution >= 0.6 is 0 Å². The molecule has 1 aromatic heterocycles. The van der Waals surface area contributed by atoms with Crippen molar-refractivity contribution in [3.63, 3.8) is 0 Å². The van der Waals surface area contributed by atoms with Gasteiger partial charge in [-0.1, -0.05) is 0 Å². The highest BCUT2D eigenvalue weighted by Gasteiger charge is 2.20. The summed E-state index contributed by atoms with van der Waals surface area (Å²) in [5, 5.41) is 20.4. The fraction of sp³-hybridized carbons (Fsp3) is 0.300. The number of ether oxygens (including phenoxy) is 1. The van der Waals surface area contributed by atoms with Crippen molar-refractivity contribution in [3.8, 4) is 11.5 Å². The molecule has 7 heteroatoms. The maximum atomic E-state index is 11.6. The molecule has 0 saturated carbocycles. The lowest BCUT2D eigenvalue weighted by Crippen LogP contribution is -2.38. The summed E-state index contributed by atoms with van der Waals surface area (Å²) in [6.45, 7) is 1.30. The summed E-state index contributed by atoms with van der Waals surface area (Å²) in [6.07, 6.45) is 1.28. The number of aromatic nitrogens is 1. The van der Waals surface area contributed by atoms with Gasteiger partial charge < -0.3 is 20.3 Å². The first-order chi connectivity index (χ1) is 7.97. The van der Waals surface area contributed by atoms with Crippen molar-refractivity contribution >= 4 is 11.9 Å².